The van der Waals surface area contributed by atoms with Gasteiger partial charge in [-0.25, -0.2) is 27.7 Å². The Bertz CT molecular complexity index is 1240. The van der Waals surface area contributed by atoms with Gasteiger partial charge in [0.15, 0.2) is 0 Å². The van der Waals surface area contributed by atoms with Crippen LogP contribution in [0.5, 0.6) is 0 Å². The minimum atomic E-state index is -4.07. The summed E-state index contributed by atoms with van der Waals surface area (Å²) in [6, 6.07) is 12.9. The van der Waals surface area contributed by atoms with Crippen LogP contribution in [0.25, 0.3) is 16.9 Å². The van der Waals surface area contributed by atoms with Crippen molar-refractivity contribution in [3.8, 4) is 28.8 Å². The third-order valence-corrected chi connectivity index (χ3v) is 4.80. The molecular weight excluding hydrogens is 399 g/mol. The Balaban J connectivity index is 2.23. The van der Waals surface area contributed by atoms with Crippen molar-refractivity contribution in [3.63, 3.8) is 0 Å². The van der Waals surface area contributed by atoms with Crippen LogP contribution in [0.15, 0.2) is 59.5 Å². The number of hydrogen-bond acceptors (Lipinski definition) is 5. The second kappa shape index (κ2) is 7.84. The molecule has 0 saturated heterocycles. The normalized spacial score (nSPS) is 10.9. The van der Waals surface area contributed by atoms with E-state index in [0.29, 0.717) is 16.3 Å². The number of para-hydroxylation sites is 1. The Labute approximate surface area is 166 Å². The zero-order valence-electron chi connectivity index (χ0n) is 15.1. The fraction of sp³-hybridized carbons (Fsp3) is 0.0526. The van der Waals surface area contributed by atoms with Gasteiger partial charge in [0.2, 0.25) is 10.0 Å². The van der Waals surface area contributed by atoms with Gasteiger partial charge in [0, 0.05) is 24.6 Å². The van der Waals surface area contributed by atoms with Crippen LogP contribution in [0.3, 0.4) is 0 Å². The second-order valence-corrected chi connectivity index (χ2v) is 7.45. The summed E-state index contributed by atoms with van der Waals surface area (Å²) < 4.78 is 38.6. The van der Waals surface area contributed by atoms with E-state index in [9.17, 15) is 17.6 Å². The molecule has 8 nitrogen and oxygen atoms in total. The van der Waals surface area contributed by atoms with Crippen LogP contribution in [0.2, 0.25) is 0 Å². The number of benzene rings is 2. The van der Waals surface area contributed by atoms with E-state index in [0.717, 1.165) is 7.05 Å². The molecule has 148 valence electrons. The van der Waals surface area contributed by atoms with E-state index in [-0.39, 0.29) is 16.3 Å². The molecule has 0 aliphatic heterocycles. The summed E-state index contributed by atoms with van der Waals surface area (Å²) in [7, 11) is -2.94. The first-order valence-corrected chi connectivity index (χ1v) is 9.68. The maximum absolute atomic E-state index is 13.3. The molecule has 1 amide bonds. The van der Waals surface area contributed by atoms with E-state index >= 15 is 0 Å². The van der Waals surface area contributed by atoms with Crippen molar-refractivity contribution in [1.29, 1.82) is 0 Å². The monoisotopic (exact) mass is 414 g/mol. The summed E-state index contributed by atoms with van der Waals surface area (Å²) in [5.74, 6) is 3.41. The van der Waals surface area contributed by atoms with E-state index < -0.39 is 21.7 Å². The van der Waals surface area contributed by atoms with Gasteiger partial charge < -0.3 is 0 Å². The molecule has 29 heavy (non-hydrogen) atoms. The zero-order valence-corrected chi connectivity index (χ0v) is 15.9. The molecule has 0 aliphatic rings. The fourth-order valence-electron chi connectivity index (χ4n) is 2.52. The average Bonchev–Trinajstić information content (AvgIpc) is 3.10. The van der Waals surface area contributed by atoms with Crippen LogP contribution in [-0.2, 0) is 14.8 Å². The van der Waals surface area contributed by atoms with E-state index in [2.05, 4.69) is 16.9 Å². The van der Waals surface area contributed by atoms with Crippen molar-refractivity contribution in [2.24, 2.45) is 5.14 Å². The number of primary sulfonamides is 1. The smallest absolute Gasteiger partial charge is 0.285 e. The predicted octanol–water partition coefficient (Wildman–Crippen LogP) is 1.52. The molecule has 3 aromatic rings. The van der Waals surface area contributed by atoms with Crippen LogP contribution in [0.1, 0.15) is 5.69 Å². The van der Waals surface area contributed by atoms with Crippen molar-refractivity contribution >= 4 is 15.9 Å². The van der Waals surface area contributed by atoms with Gasteiger partial charge in [-0.05, 0) is 42.3 Å². The Morgan fingerprint density at radius 1 is 1.21 bits per heavy atom. The van der Waals surface area contributed by atoms with E-state index in [1.807, 2.05) is 0 Å². The van der Waals surface area contributed by atoms with Gasteiger partial charge in [-0.2, -0.15) is 5.10 Å². The highest BCUT2D eigenvalue weighted by molar-refractivity contribution is 7.89. The number of halogens is 1. The van der Waals surface area contributed by atoms with Crippen LogP contribution in [-0.4, -0.2) is 41.4 Å². The average molecular weight is 414 g/mol. The molecule has 10 heteroatoms. The first-order chi connectivity index (χ1) is 13.7. The molecule has 3 rings (SSSR count). The minimum absolute atomic E-state index is 0.128. The van der Waals surface area contributed by atoms with Gasteiger partial charge in [-0.1, -0.05) is 12.1 Å². The quantitative estimate of drug-likeness (QED) is 0.383. The lowest BCUT2D eigenvalue weighted by molar-refractivity contribution is -0.152. The summed E-state index contributed by atoms with van der Waals surface area (Å²) in [6.07, 6.45) is 0. The van der Waals surface area contributed by atoms with Crippen LogP contribution in [0.4, 0.5) is 4.39 Å². The molecule has 0 saturated carbocycles. The number of aromatic nitrogens is 2. The van der Waals surface area contributed by atoms with Crippen molar-refractivity contribution in [1.82, 2.24) is 14.8 Å². The summed E-state index contributed by atoms with van der Waals surface area (Å²) in [6.45, 7) is 0. The molecule has 0 spiro atoms. The van der Waals surface area contributed by atoms with Crippen molar-refractivity contribution in [2.45, 2.75) is 4.90 Å². The zero-order chi connectivity index (χ0) is 21.2. The number of carbonyl (C=O) groups excluding carboxylic acids is 1. The minimum Gasteiger partial charge on any atom is -0.285 e. The Morgan fingerprint density at radius 3 is 2.48 bits per heavy atom. The molecule has 2 aromatic carbocycles. The molecule has 0 bridgehead atoms. The lowest BCUT2D eigenvalue weighted by Gasteiger charge is -2.11. The van der Waals surface area contributed by atoms with Crippen LogP contribution in [0, 0.1) is 17.7 Å². The third kappa shape index (κ3) is 4.49. The van der Waals surface area contributed by atoms with Gasteiger partial charge in [0.05, 0.1) is 11.4 Å². The van der Waals surface area contributed by atoms with Gasteiger partial charge in [-0.15, -0.1) is 0 Å². The predicted molar refractivity (Wildman–Crippen MR) is 102 cm³/mol. The van der Waals surface area contributed by atoms with E-state index in [4.69, 9.17) is 10.3 Å². The molecule has 0 atom stereocenters. The van der Waals surface area contributed by atoms with E-state index in [1.165, 1.54) is 53.2 Å². The molecule has 0 fully saturated rings. The Hall–Kier alpha value is -3.52. The Kier molecular flexibility index (Phi) is 5.47. The standard InChI is InChI=1S/C19H15FN4O4S/c1-23(26)19(25)11-10-15-12-17(13-6-8-14(20)9-7-13)24(22-15)16-4-2-3-5-18(16)29(21,27)28/h2-9,12,26H,1H3,(H2,21,27,28). The van der Waals surface area contributed by atoms with Gasteiger partial charge >= 0.3 is 5.91 Å². The molecular formula is C19H15FN4O4S. The molecule has 0 unspecified atom stereocenters. The number of sulfonamides is 1. The lowest BCUT2D eigenvalue weighted by atomic mass is 10.1. The summed E-state index contributed by atoms with van der Waals surface area (Å²) in [4.78, 5) is 11.3. The first kappa shape index (κ1) is 20.2. The summed E-state index contributed by atoms with van der Waals surface area (Å²) in [5.41, 5.74) is 1.22. The number of nitrogens with two attached hydrogens (primary N) is 1. The van der Waals surface area contributed by atoms with Crippen LogP contribution >= 0.6 is 0 Å². The highest BCUT2D eigenvalue weighted by Gasteiger charge is 2.19. The van der Waals surface area contributed by atoms with Gasteiger partial charge in [0.1, 0.15) is 16.4 Å². The Morgan fingerprint density at radius 2 is 1.86 bits per heavy atom. The van der Waals surface area contributed by atoms with Gasteiger partial charge in [0.25, 0.3) is 0 Å². The van der Waals surface area contributed by atoms with Crippen molar-refractivity contribution in [3.05, 3.63) is 66.1 Å². The highest BCUT2D eigenvalue weighted by Crippen LogP contribution is 2.27. The van der Waals surface area contributed by atoms with E-state index in [1.54, 1.807) is 6.07 Å². The fourth-order valence-corrected chi connectivity index (χ4v) is 3.24. The molecule has 1 heterocycles. The highest BCUT2D eigenvalue weighted by atomic mass is 32.2. The number of amides is 1. The second-order valence-electron chi connectivity index (χ2n) is 5.93. The molecule has 0 radical (unpaired) electrons. The maximum atomic E-state index is 13.3. The largest absolute Gasteiger partial charge is 0.322 e. The SMILES string of the molecule is CN(O)C(=O)C#Cc1cc(-c2ccc(F)cc2)n(-c2ccccc2S(N)(=O)=O)n1. The van der Waals surface area contributed by atoms with Crippen molar-refractivity contribution in [2.75, 3.05) is 7.05 Å². The number of nitrogens with zero attached hydrogens (tertiary/aromatic N) is 3. The number of carbonyl (C=O) groups is 1. The van der Waals surface area contributed by atoms with Crippen molar-refractivity contribution < 1.29 is 22.8 Å². The summed E-state index contributed by atoms with van der Waals surface area (Å²) in [5, 5.41) is 19.0. The number of hydrogen-bond donors (Lipinski definition) is 2. The number of hydroxylamine groups is 2. The molecule has 0 aliphatic carbocycles. The molecule has 3 N–H and O–H groups in total. The summed E-state index contributed by atoms with van der Waals surface area (Å²) >= 11 is 0. The third-order valence-electron chi connectivity index (χ3n) is 3.84. The lowest BCUT2D eigenvalue weighted by Crippen LogP contribution is -2.20. The topological polar surface area (TPSA) is 119 Å². The number of rotatable bonds is 3. The molecule has 1 aromatic heterocycles. The first-order valence-electron chi connectivity index (χ1n) is 8.13. The maximum Gasteiger partial charge on any atom is 0.322 e. The van der Waals surface area contributed by atoms with Crippen LogP contribution < -0.4 is 5.14 Å². The van der Waals surface area contributed by atoms with Gasteiger partial charge in [-0.3, -0.25) is 10.0 Å².